The molecule has 6 nitrogen and oxygen atoms in total. The van der Waals surface area contributed by atoms with E-state index in [0.29, 0.717) is 12.2 Å². The highest BCUT2D eigenvalue weighted by atomic mass is 16.6. The minimum atomic E-state index is -0.410. The molecule has 1 aromatic rings. The second-order valence-electron chi connectivity index (χ2n) is 5.41. The second-order valence-corrected chi connectivity index (χ2v) is 5.41. The zero-order chi connectivity index (χ0) is 14.6. The molecule has 0 amide bonds. The number of nitrogens with zero attached hydrogens (tertiary/aromatic N) is 3. The first-order valence-corrected chi connectivity index (χ1v) is 6.38. The molecule has 0 aliphatic heterocycles. The summed E-state index contributed by atoms with van der Waals surface area (Å²) in [5, 5.41) is 10.8. The van der Waals surface area contributed by atoms with Crippen LogP contribution in [0.4, 0.5) is 11.5 Å². The molecule has 0 unspecified atom stereocenters. The standard InChI is InChI=1S/C13H22N4O2/c1-5-16(9-13(3,4)8-14)12-7-6-11(17(18)19)10(2)15-12/h6-7H,5,8-9,14H2,1-4H3. The first-order valence-electron chi connectivity index (χ1n) is 6.38. The van der Waals surface area contributed by atoms with Gasteiger partial charge in [-0.25, -0.2) is 4.98 Å². The number of aromatic nitrogens is 1. The van der Waals surface area contributed by atoms with E-state index in [0.717, 1.165) is 18.9 Å². The van der Waals surface area contributed by atoms with E-state index in [1.54, 1.807) is 13.0 Å². The number of nitro groups is 1. The lowest BCUT2D eigenvalue weighted by atomic mass is 9.93. The normalized spacial score (nSPS) is 11.4. The van der Waals surface area contributed by atoms with Crippen LogP contribution in [0.1, 0.15) is 26.5 Å². The Balaban J connectivity index is 3.00. The van der Waals surface area contributed by atoms with Gasteiger partial charge in [-0.1, -0.05) is 13.8 Å². The van der Waals surface area contributed by atoms with Crippen molar-refractivity contribution in [2.75, 3.05) is 24.5 Å². The Morgan fingerprint density at radius 2 is 2.11 bits per heavy atom. The van der Waals surface area contributed by atoms with Crippen molar-refractivity contribution in [1.29, 1.82) is 0 Å². The van der Waals surface area contributed by atoms with Gasteiger partial charge in [-0.15, -0.1) is 0 Å². The summed E-state index contributed by atoms with van der Waals surface area (Å²) in [5.74, 6) is 0.757. The maximum absolute atomic E-state index is 10.8. The SMILES string of the molecule is CCN(CC(C)(C)CN)c1ccc([N+](=O)[O-])c(C)n1. The highest BCUT2D eigenvalue weighted by Gasteiger charge is 2.21. The lowest BCUT2D eigenvalue weighted by Crippen LogP contribution is -2.39. The third-order valence-electron chi connectivity index (χ3n) is 3.12. The third-order valence-corrected chi connectivity index (χ3v) is 3.12. The number of hydrogen-bond acceptors (Lipinski definition) is 5. The molecule has 6 heteroatoms. The Morgan fingerprint density at radius 1 is 1.47 bits per heavy atom. The van der Waals surface area contributed by atoms with Gasteiger partial charge in [0.25, 0.3) is 5.69 Å². The van der Waals surface area contributed by atoms with Gasteiger partial charge in [-0.05, 0) is 31.9 Å². The average molecular weight is 266 g/mol. The van der Waals surface area contributed by atoms with Gasteiger partial charge in [-0.3, -0.25) is 10.1 Å². The summed E-state index contributed by atoms with van der Waals surface area (Å²) in [5.41, 5.74) is 6.21. The van der Waals surface area contributed by atoms with Crippen LogP contribution in [-0.2, 0) is 0 Å². The van der Waals surface area contributed by atoms with Crippen LogP contribution in [0.3, 0.4) is 0 Å². The zero-order valence-corrected chi connectivity index (χ0v) is 12.0. The zero-order valence-electron chi connectivity index (χ0n) is 12.0. The summed E-state index contributed by atoms with van der Waals surface area (Å²) in [6.07, 6.45) is 0. The summed E-state index contributed by atoms with van der Waals surface area (Å²) >= 11 is 0. The molecule has 0 aliphatic rings. The fraction of sp³-hybridized carbons (Fsp3) is 0.615. The van der Waals surface area contributed by atoms with Crippen molar-refractivity contribution in [1.82, 2.24) is 4.98 Å². The van der Waals surface area contributed by atoms with Gasteiger partial charge in [0.1, 0.15) is 11.5 Å². The summed E-state index contributed by atoms with van der Waals surface area (Å²) in [6, 6.07) is 3.21. The van der Waals surface area contributed by atoms with Gasteiger partial charge < -0.3 is 10.6 Å². The quantitative estimate of drug-likeness (QED) is 0.629. The number of rotatable bonds is 6. The fourth-order valence-corrected chi connectivity index (χ4v) is 1.85. The van der Waals surface area contributed by atoms with Crippen LogP contribution < -0.4 is 10.6 Å². The van der Waals surface area contributed by atoms with Crippen molar-refractivity contribution in [2.24, 2.45) is 11.1 Å². The largest absolute Gasteiger partial charge is 0.356 e. The fourth-order valence-electron chi connectivity index (χ4n) is 1.85. The molecule has 0 radical (unpaired) electrons. The maximum atomic E-state index is 10.8. The minimum absolute atomic E-state index is 0.0205. The van der Waals surface area contributed by atoms with Crippen molar-refractivity contribution >= 4 is 11.5 Å². The lowest BCUT2D eigenvalue weighted by Gasteiger charge is -2.31. The van der Waals surface area contributed by atoms with E-state index in [4.69, 9.17) is 5.73 Å². The van der Waals surface area contributed by atoms with E-state index >= 15 is 0 Å². The molecule has 19 heavy (non-hydrogen) atoms. The molecule has 0 saturated carbocycles. The molecule has 0 spiro atoms. The lowest BCUT2D eigenvalue weighted by molar-refractivity contribution is -0.385. The van der Waals surface area contributed by atoms with Gasteiger partial charge >= 0.3 is 0 Å². The van der Waals surface area contributed by atoms with Crippen LogP contribution in [0, 0.1) is 22.5 Å². The molecule has 1 aromatic heterocycles. The Kier molecular flexibility index (Phi) is 4.83. The highest BCUT2D eigenvalue weighted by molar-refractivity contribution is 5.46. The molecule has 0 atom stereocenters. The number of anilines is 1. The number of nitrogens with two attached hydrogens (primary N) is 1. The molecule has 0 aromatic carbocycles. The van der Waals surface area contributed by atoms with Gasteiger partial charge in [-0.2, -0.15) is 0 Å². The second kappa shape index (κ2) is 5.97. The first kappa shape index (κ1) is 15.4. The summed E-state index contributed by atoms with van der Waals surface area (Å²) in [7, 11) is 0. The van der Waals surface area contributed by atoms with Crippen LogP contribution in [0.25, 0.3) is 0 Å². The van der Waals surface area contributed by atoms with Gasteiger partial charge in [0.2, 0.25) is 0 Å². The van der Waals surface area contributed by atoms with Crippen LogP contribution >= 0.6 is 0 Å². The maximum Gasteiger partial charge on any atom is 0.290 e. The molecule has 0 fully saturated rings. The third kappa shape index (κ3) is 3.89. The Hall–Kier alpha value is -1.69. The molecular formula is C13H22N4O2. The monoisotopic (exact) mass is 266 g/mol. The summed E-state index contributed by atoms with van der Waals surface area (Å²) in [6.45, 7) is 10.0. The number of hydrogen-bond donors (Lipinski definition) is 1. The smallest absolute Gasteiger partial charge is 0.290 e. The van der Waals surface area contributed by atoms with Crippen molar-refractivity contribution in [3.8, 4) is 0 Å². The predicted molar refractivity (Wildman–Crippen MR) is 76.4 cm³/mol. The van der Waals surface area contributed by atoms with Crippen LogP contribution in [0.5, 0.6) is 0 Å². The average Bonchev–Trinajstić information content (AvgIpc) is 2.35. The molecule has 2 N–H and O–H groups in total. The first-order chi connectivity index (χ1) is 8.80. The Bertz CT molecular complexity index is 460. The topological polar surface area (TPSA) is 85.3 Å². The molecule has 106 valence electrons. The molecule has 0 aliphatic carbocycles. The van der Waals surface area contributed by atoms with Crippen molar-refractivity contribution in [3.63, 3.8) is 0 Å². The summed E-state index contributed by atoms with van der Waals surface area (Å²) < 4.78 is 0. The number of aryl methyl sites for hydroxylation is 1. The summed E-state index contributed by atoms with van der Waals surface area (Å²) in [4.78, 5) is 16.8. The van der Waals surface area contributed by atoms with Crippen LogP contribution in [0.2, 0.25) is 0 Å². The van der Waals surface area contributed by atoms with E-state index in [2.05, 4.69) is 23.7 Å². The molecule has 1 rings (SSSR count). The molecular weight excluding hydrogens is 244 g/mol. The van der Waals surface area contributed by atoms with Crippen molar-refractivity contribution < 1.29 is 4.92 Å². The van der Waals surface area contributed by atoms with E-state index in [1.165, 1.54) is 6.07 Å². The van der Waals surface area contributed by atoms with E-state index in [1.807, 2.05) is 6.92 Å². The molecule has 0 saturated heterocycles. The van der Waals surface area contributed by atoms with Crippen molar-refractivity contribution in [2.45, 2.75) is 27.7 Å². The van der Waals surface area contributed by atoms with Crippen LogP contribution in [0.15, 0.2) is 12.1 Å². The van der Waals surface area contributed by atoms with E-state index < -0.39 is 4.92 Å². The van der Waals surface area contributed by atoms with Gasteiger partial charge in [0.15, 0.2) is 0 Å². The van der Waals surface area contributed by atoms with Crippen molar-refractivity contribution in [3.05, 3.63) is 27.9 Å². The Morgan fingerprint density at radius 3 is 2.53 bits per heavy atom. The van der Waals surface area contributed by atoms with E-state index in [9.17, 15) is 10.1 Å². The number of pyridine rings is 1. The molecule has 1 heterocycles. The minimum Gasteiger partial charge on any atom is -0.356 e. The molecule has 0 bridgehead atoms. The van der Waals surface area contributed by atoms with Crippen LogP contribution in [-0.4, -0.2) is 29.5 Å². The predicted octanol–water partition coefficient (Wildman–Crippen LogP) is 2.11. The van der Waals surface area contributed by atoms with E-state index in [-0.39, 0.29) is 11.1 Å². The Labute approximate surface area is 113 Å². The highest BCUT2D eigenvalue weighted by Crippen LogP contribution is 2.23. The van der Waals surface area contributed by atoms with Gasteiger partial charge in [0.05, 0.1) is 4.92 Å². The van der Waals surface area contributed by atoms with Gasteiger partial charge in [0, 0.05) is 19.2 Å².